The molecule has 0 bridgehead atoms. The average Bonchev–Trinajstić information content (AvgIpc) is 2.46. The van der Waals surface area contributed by atoms with Gasteiger partial charge in [-0.05, 0) is 18.2 Å². The normalized spacial score (nSPS) is 13.9. The fourth-order valence-electron chi connectivity index (χ4n) is 1.14. The summed E-state index contributed by atoms with van der Waals surface area (Å²) in [6.45, 7) is 0.315. The molecule has 0 N–H and O–H groups in total. The summed E-state index contributed by atoms with van der Waals surface area (Å²) in [7, 11) is 0. The summed E-state index contributed by atoms with van der Waals surface area (Å²) in [6, 6.07) is 5.57. The molecule has 3 nitrogen and oxygen atoms in total. The van der Waals surface area contributed by atoms with E-state index in [-0.39, 0.29) is 0 Å². The van der Waals surface area contributed by atoms with Gasteiger partial charge in [-0.2, -0.15) is 0 Å². The molecular formula is C8H6BrNO2. The SMILES string of the molecule is O=CN1COc2cc(Br)ccc21. The van der Waals surface area contributed by atoms with E-state index < -0.39 is 0 Å². The van der Waals surface area contributed by atoms with Crippen molar-refractivity contribution in [3.63, 3.8) is 0 Å². The van der Waals surface area contributed by atoms with Gasteiger partial charge >= 0.3 is 0 Å². The van der Waals surface area contributed by atoms with Gasteiger partial charge in [-0.1, -0.05) is 15.9 Å². The first kappa shape index (κ1) is 7.61. The quantitative estimate of drug-likeness (QED) is 0.685. The fourth-order valence-corrected chi connectivity index (χ4v) is 1.48. The van der Waals surface area contributed by atoms with Crippen LogP contribution in [0.5, 0.6) is 5.75 Å². The number of halogens is 1. The second-order valence-electron chi connectivity index (χ2n) is 2.46. The van der Waals surface area contributed by atoms with Crippen LogP contribution in [0, 0.1) is 0 Å². The first-order valence-electron chi connectivity index (χ1n) is 3.45. The Labute approximate surface area is 78.1 Å². The number of nitrogens with zero attached hydrogens (tertiary/aromatic N) is 1. The maximum atomic E-state index is 10.5. The maximum Gasteiger partial charge on any atom is 0.216 e. The first-order valence-corrected chi connectivity index (χ1v) is 4.25. The highest BCUT2D eigenvalue weighted by atomic mass is 79.9. The highest BCUT2D eigenvalue weighted by Gasteiger charge is 2.19. The van der Waals surface area contributed by atoms with Gasteiger partial charge in [0.05, 0.1) is 5.69 Å². The average molecular weight is 228 g/mol. The molecule has 12 heavy (non-hydrogen) atoms. The lowest BCUT2D eigenvalue weighted by molar-refractivity contribution is -0.107. The van der Waals surface area contributed by atoms with Crippen LogP contribution in [-0.4, -0.2) is 13.1 Å². The van der Waals surface area contributed by atoms with Crippen LogP contribution in [0.15, 0.2) is 22.7 Å². The summed E-state index contributed by atoms with van der Waals surface area (Å²) in [4.78, 5) is 12.0. The minimum absolute atomic E-state index is 0.315. The maximum absolute atomic E-state index is 10.5. The molecule has 0 aliphatic carbocycles. The Morgan fingerprint density at radius 1 is 1.58 bits per heavy atom. The van der Waals surface area contributed by atoms with Crippen molar-refractivity contribution in [1.29, 1.82) is 0 Å². The summed E-state index contributed by atoms with van der Waals surface area (Å²) >= 11 is 3.32. The molecule has 1 heterocycles. The molecule has 0 radical (unpaired) electrons. The Kier molecular flexibility index (Phi) is 1.77. The smallest absolute Gasteiger partial charge is 0.216 e. The molecule has 0 atom stereocenters. The van der Waals surface area contributed by atoms with Gasteiger partial charge in [0.25, 0.3) is 0 Å². The van der Waals surface area contributed by atoms with Crippen molar-refractivity contribution >= 4 is 28.0 Å². The zero-order valence-corrected chi connectivity index (χ0v) is 7.74. The van der Waals surface area contributed by atoms with E-state index in [1.165, 1.54) is 4.90 Å². The van der Waals surface area contributed by atoms with Gasteiger partial charge < -0.3 is 4.74 Å². The largest absolute Gasteiger partial charge is 0.470 e. The third kappa shape index (κ3) is 1.08. The van der Waals surface area contributed by atoms with Crippen molar-refractivity contribution in [2.24, 2.45) is 0 Å². The van der Waals surface area contributed by atoms with E-state index in [0.29, 0.717) is 6.73 Å². The van der Waals surface area contributed by atoms with Crippen LogP contribution in [0.4, 0.5) is 5.69 Å². The van der Waals surface area contributed by atoms with Gasteiger partial charge in [0.1, 0.15) is 5.75 Å². The molecule has 4 heteroatoms. The van der Waals surface area contributed by atoms with Crippen LogP contribution in [0.2, 0.25) is 0 Å². The van der Waals surface area contributed by atoms with Crippen molar-refractivity contribution in [2.75, 3.05) is 11.6 Å². The van der Waals surface area contributed by atoms with Gasteiger partial charge in [0.2, 0.25) is 6.41 Å². The molecular weight excluding hydrogens is 222 g/mol. The van der Waals surface area contributed by atoms with Crippen LogP contribution in [0.3, 0.4) is 0 Å². The van der Waals surface area contributed by atoms with Crippen LogP contribution in [0.25, 0.3) is 0 Å². The van der Waals surface area contributed by atoms with E-state index in [0.717, 1.165) is 22.3 Å². The monoisotopic (exact) mass is 227 g/mol. The number of fused-ring (bicyclic) bond motifs is 1. The minimum atomic E-state index is 0.315. The lowest BCUT2D eigenvalue weighted by Crippen LogP contribution is -2.19. The van der Waals surface area contributed by atoms with Gasteiger partial charge in [0.15, 0.2) is 6.73 Å². The van der Waals surface area contributed by atoms with E-state index in [1.54, 1.807) is 0 Å². The number of ether oxygens (including phenoxy) is 1. The highest BCUT2D eigenvalue weighted by molar-refractivity contribution is 9.10. The third-order valence-corrected chi connectivity index (χ3v) is 2.21. The number of hydrogen-bond donors (Lipinski definition) is 0. The van der Waals surface area contributed by atoms with E-state index in [4.69, 9.17) is 4.74 Å². The molecule has 1 aliphatic rings. The summed E-state index contributed by atoms with van der Waals surface area (Å²) in [5.41, 5.74) is 0.827. The molecule has 0 saturated carbocycles. The molecule has 0 saturated heterocycles. The molecule has 62 valence electrons. The molecule has 0 spiro atoms. The van der Waals surface area contributed by atoms with Gasteiger partial charge in [-0.15, -0.1) is 0 Å². The molecule has 0 fully saturated rings. The lowest BCUT2D eigenvalue weighted by Gasteiger charge is -2.04. The predicted octanol–water partition coefficient (Wildman–Crippen LogP) is 1.76. The summed E-state index contributed by atoms with van der Waals surface area (Å²) in [5.74, 6) is 0.747. The second kappa shape index (κ2) is 2.79. The zero-order chi connectivity index (χ0) is 8.55. The van der Waals surface area contributed by atoms with E-state index in [2.05, 4.69) is 15.9 Å². The number of anilines is 1. The number of rotatable bonds is 1. The van der Waals surface area contributed by atoms with Crippen molar-refractivity contribution in [1.82, 2.24) is 0 Å². The number of amides is 1. The predicted molar refractivity (Wildman–Crippen MR) is 48.2 cm³/mol. The van der Waals surface area contributed by atoms with E-state index in [1.807, 2.05) is 18.2 Å². The van der Waals surface area contributed by atoms with Gasteiger partial charge in [-0.25, -0.2) is 0 Å². The summed E-state index contributed by atoms with van der Waals surface area (Å²) < 4.78 is 6.20. The van der Waals surface area contributed by atoms with Gasteiger partial charge in [0, 0.05) is 4.47 Å². The van der Waals surface area contributed by atoms with Crippen LogP contribution in [0.1, 0.15) is 0 Å². The van der Waals surface area contributed by atoms with Gasteiger partial charge in [-0.3, -0.25) is 9.69 Å². The summed E-state index contributed by atoms with van der Waals surface area (Å²) in [6.07, 6.45) is 0.764. The Balaban J connectivity index is 2.47. The Morgan fingerprint density at radius 3 is 3.17 bits per heavy atom. The third-order valence-electron chi connectivity index (χ3n) is 1.72. The van der Waals surface area contributed by atoms with E-state index in [9.17, 15) is 4.79 Å². The number of benzene rings is 1. The van der Waals surface area contributed by atoms with E-state index >= 15 is 0 Å². The van der Waals surface area contributed by atoms with Crippen molar-refractivity contribution in [2.45, 2.75) is 0 Å². The first-order chi connectivity index (χ1) is 5.81. The topological polar surface area (TPSA) is 29.5 Å². The molecule has 0 unspecified atom stereocenters. The fraction of sp³-hybridized carbons (Fsp3) is 0.125. The number of carbonyl (C=O) groups is 1. The van der Waals surface area contributed by atoms with Crippen molar-refractivity contribution in [3.8, 4) is 5.75 Å². The molecule has 1 aromatic carbocycles. The molecule has 1 aliphatic heterocycles. The summed E-state index contributed by atoms with van der Waals surface area (Å²) in [5, 5.41) is 0. The molecule has 1 amide bonds. The molecule has 1 aromatic rings. The zero-order valence-electron chi connectivity index (χ0n) is 6.16. The van der Waals surface area contributed by atoms with Crippen LogP contribution in [-0.2, 0) is 4.79 Å². The molecule has 2 rings (SSSR count). The highest BCUT2D eigenvalue weighted by Crippen LogP contribution is 2.34. The number of carbonyl (C=O) groups excluding carboxylic acids is 1. The Hall–Kier alpha value is -1.03. The molecule has 0 aromatic heterocycles. The van der Waals surface area contributed by atoms with Crippen molar-refractivity contribution in [3.05, 3.63) is 22.7 Å². The van der Waals surface area contributed by atoms with Crippen LogP contribution >= 0.6 is 15.9 Å². The second-order valence-corrected chi connectivity index (χ2v) is 3.38. The van der Waals surface area contributed by atoms with Crippen LogP contribution < -0.4 is 9.64 Å². The number of hydrogen-bond acceptors (Lipinski definition) is 2. The Morgan fingerprint density at radius 2 is 2.42 bits per heavy atom. The standard InChI is InChI=1S/C8H6BrNO2/c9-6-1-2-7-8(3-6)12-5-10(7)4-11/h1-4H,5H2. The Bertz CT molecular complexity index is 327. The van der Waals surface area contributed by atoms with Crippen molar-refractivity contribution < 1.29 is 9.53 Å². The lowest BCUT2D eigenvalue weighted by atomic mass is 10.3. The minimum Gasteiger partial charge on any atom is -0.470 e.